The maximum atomic E-state index is 10.7. The Balaban J connectivity index is 1.66. The first-order chi connectivity index (χ1) is 8.74. The zero-order valence-electron chi connectivity index (χ0n) is 10.0. The molecule has 18 heavy (non-hydrogen) atoms. The van der Waals surface area contributed by atoms with Crippen molar-refractivity contribution in [3.63, 3.8) is 0 Å². The molecule has 2 aliphatic rings. The molecule has 2 N–H and O–H groups in total. The summed E-state index contributed by atoms with van der Waals surface area (Å²) in [6.45, 7) is 0.805. The molecule has 5 heteroatoms. The third-order valence-electron chi connectivity index (χ3n) is 3.56. The van der Waals surface area contributed by atoms with Gasteiger partial charge in [0.05, 0.1) is 24.0 Å². The van der Waals surface area contributed by atoms with Crippen molar-refractivity contribution >= 4 is 11.7 Å². The van der Waals surface area contributed by atoms with Crippen molar-refractivity contribution in [3.8, 4) is 0 Å². The van der Waals surface area contributed by atoms with E-state index in [1.54, 1.807) is 12.3 Å². The molecule has 1 aromatic heterocycles. The zero-order valence-corrected chi connectivity index (χ0v) is 10.0. The second-order valence-corrected chi connectivity index (χ2v) is 4.95. The molecule has 0 bridgehead atoms. The van der Waals surface area contributed by atoms with E-state index in [9.17, 15) is 4.79 Å². The van der Waals surface area contributed by atoms with Gasteiger partial charge >= 0.3 is 5.97 Å². The topological polar surface area (TPSA) is 71.5 Å². The highest BCUT2D eigenvalue weighted by atomic mass is 16.5. The normalized spacial score (nSPS) is 27.1. The monoisotopic (exact) mass is 248 g/mol. The number of carboxylic acid groups (broad SMARTS) is 1. The molecule has 0 spiro atoms. The molecule has 0 radical (unpaired) electrons. The summed E-state index contributed by atoms with van der Waals surface area (Å²) in [5.74, 6) is -0.294. The number of carbonyl (C=O) groups is 1. The van der Waals surface area contributed by atoms with Crippen molar-refractivity contribution in [1.82, 2.24) is 4.98 Å². The Hall–Kier alpha value is -1.62. The van der Waals surface area contributed by atoms with Gasteiger partial charge in [0.25, 0.3) is 0 Å². The summed E-state index contributed by atoms with van der Waals surface area (Å²) >= 11 is 0. The minimum absolute atomic E-state index is 0.0713. The molecule has 1 saturated heterocycles. The molecular formula is C13H16N2O3. The van der Waals surface area contributed by atoms with E-state index in [1.807, 2.05) is 0 Å². The van der Waals surface area contributed by atoms with Crippen LogP contribution in [0.3, 0.4) is 0 Å². The average molecular weight is 248 g/mol. The molecule has 2 atom stereocenters. The Bertz CT molecular complexity index is 442. The number of rotatable bonds is 4. The van der Waals surface area contributed by atoms with E-state index in [-0.39, 0.29) is 5.69 Å². The predicted octanol–water partition coefficient (Wildman–Crippen LogP) is 1.76. The van der Waals surface area contributed by atoms with Crippen LogP contribution in [0.5, 0.6) is 0 Å². The maximum absolute atomic E-state index is 10.7. The lowest BCUT2D eigenvalue weighted by atomic mass is 10.1. The molecule has 3 rings (SSSR count). The summed E-state index contributed by atoms with van der Waals surface area (Å²) in [5.41, 5.74) is 0.933. The number of hydrogen-bond acceptors (Lipinski definition) is 4. The van der Waals surface area contributed by atoms with Gasteiger partial charge in [0.1, 0.15) is 5.69 Å². The van der Waals surface area contributed by atoms with Crippen molar-refractivity contribution < 1.29 is 14.6 Å². The van der Waals surface area contributed by atoms with Gasteiger partial charge in [-0.1, -0.05) is 0 Å². The highest BCUT2D eigenvalue weighted by molar-refractivity contribution is 5.85. The third kappa shape index (κ3) is 2.31. The molecule has 1 saturated carbocycles. The van der Waals surface area contributed by atoms with Crippen LogP contribution in [0.4, 0.5) is 5.69 Å². The fraction of sp³-hybridized carbons (Fsp3) is 0.538. The van der Waals surface area contributed by atoms with Crippen molar-refractivity contribution in [2.45, 2.75) is 31.4 Å². The number of carboxylic acids is 1. The van der Waals surface area contributed by atoms with Crippen LogP contribution in [0.2, 0.25) is 0 Å². The largest absolute Gasteiger partial charge is 0.477 e. The molecule has 96 valence electrons. The fourth-order valence-corrected chi connectivity index (χ4v) is 2.48. The van der Waals surface area contributed by atoms with E-state index in [2.05, 4.69) is 10.3 Å². The van der Waals surface area contributed by atoms with Crippen LogP contribution in [0.1, 0.15) is 29.8 Å². The van der Waals surface area contributed by atoms with E-state index in [0.717, 1.165) is 18.7 Å². The van der Waals surface area contributed by atoms with Gasteiger partial charge in [0.15, 0.2) is 0 Å². The van der Waals surface area contributed by atoms with E-state index < -0.39 is 5.97 Å². The van der Waals surface area contributed by atoms with Crippen LogP contribution < -0.4 is 5.32 Å². The summed E-state index contributed by atoms with van der Waals surface area (Å²) in [6, 6.07) is 3.61. The van der Waals surface area contributed by atoms with Crippen LogP contribution in [-0.2, 0) is 4.74 Å². The molecular weight excluding hydrogens is 232 g/mol. The van der Waals surface area contributed by atoms with Gasteiger partial charge in [-0.15, -0.1) is 0 Å². The number of pyridine rings is 1. The van der Waals surface area contributed by atoms with E-state index in [4.69, 9.17) is 9.84 Å². The number of aromatic carboxylic acids is 1. The van der Waals surface area contributed by atoms with E-state index >= 15 is 0 Å². The van der Waals surface area contributed by atoms with Crippen LogP contribution in [0, 0.1) is 5.92 Å². The van der Waals surface area contributed by atoms with Gasteiger partial charge in [0, 0.05) is 6.61 Å². The molecule has 1 aliphatic heterocycles. The van der Waals surface area contributed by atoms with Crippen molar-refractivity contribution in [3.05, 3.63) is 24.0 Å². The van der Waals surface area contributed by atoms with Crippen LogP contribution in [-0.4, -0.2) is 34.8 Å². The molecule has 1 aromatic rings. The highest BCUT2D eigenvalue weighted by Crippen LogP contribution is 2.39. The van der Waals surface area contributed by atoms with Gasteiger partial charge in [-0.3, -0.25) is 0 Å². The summed E-state index contributed by atoms with van der Waals surface area (Å²) in [4.78, 5) is 14.6. The number of aromatic nitrogens is 1. The number of ether oxygens (including phenoxy) is 1. The highest BCUT2D eigenvalue weighted by Gasteiger charge is 2.40. The summed E-state index contributed by atoms with van der Waals surface area (Å²) in [6.07, 6.45) is 5.41. The van der Waals surface area contributed by atoms with E-state index in [1.165, 1.54) is 18.9 Å². The molecule has 2 unspecified atom stereocenters. The standard InChI is InChI=1S/C13H16N2O3/c16-13(17)11-4-3-9(7-14-11)15-10-5-6-18-12(10)8-1-2-8/h3-4,7-8,10,12,15H,1-2,5-6H2,(H,16,17). The van der Waals surface area contributed by atoms with Gasteiger partial charge in [-0.2, -0.15) is 0 Å². The lowest BCUT2D eigenvalue weighted by Gasteiger charge is -2.20. The SMILES string of the molecule is O=C(O)c1ccc(NC2CCOC2C2CC2)cn1. The Morgan fingerprint density at radius 2 is 2.22 bits per heavy atom. The second-order valence-electron chi connectivity index (χ2n) is 4.95. The van der Waals surface area contributed by atoms with Gasteiger partial charge in [-0.25, -0.2) is 9.78 Å². The third-order valence-corrected chi connectivity index (χ3v) is 3.56. The molecule has 5 nitrogen and oxygen atoms in total. The van der Waals surface area contributed by atoms with Crippen molar-refractivity contribution in [1.29, 1.82) is 0 Å². The first-order valence-corrected chi connectivity index (χ1v) is 6.31. The van der Waals surface area contributed by atoms with Gasteiger partial charge in [0.2, 0.25) is 0 Å². The zero-order chi connectivity index (χ0) is 12.5. The Labute approximate surface area is 105 Å². The van der Waals surface area contributed by atoms with Crippen LogP contribution in [0.15, 0.2) is 18.3 Å². The summed E-state index contributed by atoms with van der Waals surface area (Å²) in [7, 11) is 0. The second kappa shape index (κ2) is 4.57. The number of anilines is 1. The average Bonchev–Trinajstić information content (AvgIpc) is 3.11. The van der Waals surface area contributed by atoms with Crippen LogP contribution in [0.25, 0.3) is 0 Å². The first kappa shape index (κ1) is 11.5. The minimum atomic E-state index is -0.999. The molecule has 2 fully saturated rings. The quantitative estimate of drug-likeness (QED) is 0.849. The van der Waals surface area contributed by atoms with Gasteiger partial charge in [-0.05, 0) is 37.3 Å². The summed E-state index contributed by atoms with van der Waals surface area (Å²) in [5, 5.41) is 12.2. The molecule has 0 amide bonds. The lowest BCUT2D eigenvalue weighted by Crippen LogP contribution is -2.31. The molecule has 1 aliphatic carbocycles. The maximum Gasteiger partial charge on any atom is 0.354 e. The van der Waals surface area contributed by atoms with Crippen LogP contribution >= 0.6 is 0 Å². The minimum Gasteiger partial charge on any atom is -0.477 e. The number of nitrogens with zero attached hydrogens (tertiary/aromatic N) is 1. The molecule has 2 heterocycles. The number of nitrogens with one attached hydrogen (secondary N) is 1. The lowest BCUT2D eigenvalue weighted by molar-refractivity contribution is 0.0690. The fourth-order valence-electron chi connectivity index (χ4n) is 2.48. The summed E-state index contributed by atoms with van der Waals surface area (Å²) < 4.78 is 5.75. The predicted molar refractivity (Wildman–Crippen MR) is 65.7 cm³/mol. The Morgan fingerprint density at radius 3 is 2.83 bits per heavy atom. The van der Waals surface area contributed by atoms with Gasteiger partial charge < -0.3 is 15.2 Å². The van der Waals surface area contributed by atoms with Crippen molar-refractivity contribution in [2.75, 3.05) is 11.9 Å². The smallest absolute Gasteiger partial charge is 0.354 e. The molecule has 0 aromatic carbocycles. The Kier molecular flexibility index (Phi) is 2.91. The van der Waals surface area contributed by atoms with Crippen molar-refractivity contribution in [2.24, 2.45) is 5.92 Å². The first-order valence-electron chi connectivity index (χ1n) is 6.31. The van der Waals surface area contributed by atoms with E-state index in [0.29, 0.717) is 18.1 Å². The Morgan fingerprint density at radius 1 is 1.39 bits per heavy atom. The number of hydrogen-bond donors (Lipinski definition) is 2.